The van der Waals surface area contributed by atoms with Crippen LogP contribution in [0.2, 0.25) is 0 Å². The van der Waals surface area contributed by atoms with Gasteiger partial charge in [0.1, 0.15) is 6.61 Å². The standard InChI is InChI=1S/C14H22N2O5/c1-4-7-21-14(20)15-8-10(2)16(11(3)9-15)12(17)5-6-13(18)19/h4,10-11H,1,5-9H2,2-3H3,(H,18,19)/t10-,11+. The smallest absolute Gasteiger partial charge is 0.410 e. The molecule has 21 heavy (non-hydrogen) atoms. The molecule has 0 aliphatic carbocycles. The molecule has 0 radical (unpaired) electrons. The summed E-state index contributed by atoms with van der Waals surface area (Å²) in [6.07, 6.45) is 0.868. The van der Waals surface area contributed by atoms with Gasteiger partial charge in [0, 0.05) is 31.6 Å². The molecule has 0 spiro atoms. The highest BCUT2D eigenvalue weighted by Crippen LogP contribution is 2.18. The molecule has 118 valence electrons. The Kier molecular flexibility index (Phi) is 6.20. The van der Waals surface area contributed by atoms with Crippen molar-refractivity contribution in [2.24, 2.45) is 0 Å². The number of hydrogen-bond donors (Lipinski definition) is 1. The largest absolute Gasteiger partial charge is 0.481 e. The van der Waals surface area contributed by atoms with E-state index in [1.165, 1.54) is 6.08 Å². The Bertz CT molecular complexity index is 412. The fourth-order valence-electron chi connectivity index (χ4n) is 2.53. The van der Waals surface area contributed by atoms with Crippen LogP contribution in [0.5, 0.6) is 0 Å². The van der Waals surface area contributed by atoms with Gasteiger partial charge in [0.2, 0.25) is 5.91 Å². The van der Waals surface area contributed by atoms with Crippen LogP contribution >= 0.6 is 0 Å². The van der Waals surface area contributed by atoms with Crippen LogP contribution in [0.25, 0.3) is 0 Å². The highest BCUT2D eigenvalue weighted by atomic mass is 16.6. The lowest BCUT2D eigenvalue weighted by atomic mass is 10.1. The molecule has 1 aliphatic rings. The third kappa shape index (κ3) is 4.77. The fraction of sp³-hybridized carbons (Fsp3) is 0.643. The van der Waals surface area contributed by atoms with Crippen molar-refractivity contribution in [2.45, 2.75) is 38.8 Å². The van der Waals surface area contributed by atoms with E-state index in [0.717, 1.165) is 0 Å². The van der Waals surface area contributed by atoms with Crippen LogP contribution in [0.15, 0.2) is 12.7 Å². The number of carboxylic acid groups (broad SMARTS) is 1. The average Bonchev–Trinajstić information content (AvgIpc) is 2.41. The molecule has 1 aliphatic heterocycles. The second kappa shape index (κ2) is 7.66. The molecule has 7 nitrogen and oxygen atoms in total. The van der Waals surface area contributed by atoms with Crippen LogP contribution < -0.4 is 0 Å². The number of carboxylic acids is 1. The predicted octanol–water partition coefficient (Wildman–Crippen LogP) is 1.09. The summed E-state index contributed by atoms with van der Waals surface area (Å²) in [7, 11) is 0. The molecule has 7 heteroatoms. The van der Waals surface area contributed by atoms with E-state index in [2.05, 4.69) is 6.58 Å². The number of hydrogen-bond acceptors (Lipinski definition) is 4. The van der Waals surface area contributed by atoms with Crippen molar-refractivity contribution in [3.8, 4) is 0 Å². The Morgan fingerprint density at radius 2 is 1.81 bits per heavy atom. The van der Waals surface area contributed by atoms with Crippen molar-refractivity contribution in [3.05, 3.63) is 12.7 Å². The number of rotatable bonds is 5. The van der Waals surface area contributed by atoms with Crippen LogP contribution in [0.3, 0.4) is 0 Å². The van der Waals surface area contributed by atoms with E-state index >= 15 is 0 Å². The van der Waals surface area contributed by atoms with Crippen molar-refractivity contribution in [1.29, 1.82) is 0 Å². The molecule has 0 aromatic rings. The third-order valence-electron chi connectivity index (χ3n) is 3.34. The molecule has 2 amide bonds. The van der Waals surface area contributed by atoms with Gasteiger partial charge in [-0.05, 0) is 13.8 Å². The summed E-state index contributed by atoms with van der Waals surface area (Å²) in [6.45, 7) is 8.05. The molecular formula is C14H22N2O5. The first-order valence-electron chi connectivity index (χ1n) is 6.92. The summed E-state index contributed by atoms with van der Waals surface area (Å²) in [4.78, 5) is 37.7. The number of carbonyl (C=O) groups is 3. The van der Waals surface area contributed by atoms with Gasteiger partial charge in [-0.25, -0.2) is 4.79 Å². The minimum absolute atomic E-state index is 0.0229. The summed E-state index contributed by atoms with van der Waals surface area (Å²) in [5, 5.41) is 8.64. The number of amides is 2. The molecule has 1 heterocycles. The molecule has 0 unspecified atom stereocenters. The summed E-state index contributed by atoms with van der Waals surface area (Å²) >= 11 is 0. The molecule has 0 saturated carbocycles. The summed E-state index contributed by atoms with van der Waals surface area (Å²) in [5.74, 6) is -1.19. The number of nitrogens with zero attached hydrogens (tertiary/aromatic N) is 2. The van der Waals surface area contributed by atoms with Gasteiger partial charge < -0.3 is 19.6 Å². The first kappa shape index (κ1) is 17.0. The normalized spacial score (nSPS) is 21.8. The van der Waals surface area contributed by atoms with Gasteiger partial charge in [-0.1, -0.05) is 12.7 Å². The monoisotopic (exact) mass is 298 g/mol. The third-order valence-corrected chi connectivity index (χ3v) is 3.34. The van der Waals surface area contributed by atoms with Gasteiger partial charge in [0.25, 0.3) is 0 Å². The zero-order valence-corrected chi connectivity index (χ0v) is 12.4. The van der Waals surface area contributed by atoms with Crippen LogP contribution in [-0.2, 0) is 14.3 Å². The van der Waals surface area contributed by atoms with Crippen LogP contribution in [0.4, 0.5) is 4.79 Å². The van der Waals surface area contributed by atoms with E-state index in [4.69, 9.17) is 9.84 Å². The quantitative estimate of drug-likeness (QED) is 0.768. The van der Waals surface area contributed by atoms with Gasteiger partial charge >= 0.3 is 12.1 Å². The summed E-state index contributed by atoms with van der Waals surface area (Å²) in [6, 6.07) is -0.349. The fourth-order valence-corrected chi connectivity index (χ4v) is 2.53. The lowest BCUT2D eigenvalue weighted by Crippen LogP contribution is -2.59. The molecule has 0 aromatic carbocycles. The Labute approximate surface area is 124 Å². The predicted molar refractivity (Wildman–Crippen MR) is 75.8 cm³/mol. The molecule has 1 fully saturated rings. The Hall–Kier alpha value is -2.05. The van der Waals surface area contributed by atoms with Gasteiger partial charge in [-0.15, -0.1) is 0 Å². The number of piperazine rings is 1. The maximum absolute atomic E-state index is 12.1. The van der Waals surface area contributed by atoms with E-state index in [-0.39, 0.29) is 37.4 Å². The Morgan fingerprint density at radius 3 is 2.29 bits per heavy atom. The molecule has 1 rings (SSSR count). The van der Waals surface area contributed by atoms with Crippen molar-refractivity contribution in [1.82, 2.24) is 9.80 Å². The lowest BCUT2D eigenvalue weighted by Gasteiger charge is -2.44. The van der Waals surface area contributed by atoms with Gasteiger partial charge in [-0.2, -0.15) is 0 Å². The lowest BCUT2D eigenvalue weighted by molar-refractivity contribution is -0.144. The second-order valence-electron chi connectivity index (χ2n) is 5.16. The summed E-state index contributed by atoms with van der Waals surface area (Å²) < 4.78 is 4.99. The topological polar surface area (TPSA) is 87.2 Å². The van der Waals surface area contributed by atoms with Crippen LogP contribution in [-0.4, -0.2) is 64.7 Å². The second-order valence-corrected chi connectivity index (χ2v) is 5.16. The van der Waals surface area contributed by atoms with E-state index in [1.54, 1.807) is 9.80 Å². The molecule has 1 N–H and O–H groups in total. The molecule has 2 atom stereocenters. The Balaban J connectivity index is 2.61. The molecular weight excluding hydrogens is 276 g/mol. The number of ether oxygens (including phenoxy) is 1. The van der Waals surface area contributed by atoms with Gasteiger partial charge in [0.15, 0.2) is 0 Å². The molecule has 1 saturated heterocycles. The van der Waals surface area contributed by atoms with E-state index in [1.807, 2.05) is 13.8 Å². The van der Waals surface area contributed by atoms with Crippen LogP contribution in [0.1, 0.15) is 26.7 Å². The maximum Gasteiger partial charge on any atom is 0.410 e. The van der Waals surface area contributed by atoms with Crippen molar-refractivity contribution in [3.63, 3.8) is 0 Å². The van der Waals surface area contributed by atoms with Gasteiger partial charge in [0.05, 0.1) is 6.42 Å². The SMILES string of the molecule is C=CCOC(=O)N1C[C@@H](C)N(C(=O)CCC(=O)O)[C@@H](C)C1. The van der Waals surface area contributed by atoms with E-state index < -0.39 is 12.1 Å². The van der Waals surface area contributed by atoms with Crippen molar-refractivity contribution < 1.29 is 24.2 Å². The maximum atomic E-state index is 12.1. The van der Waals surface area contributed by atoms with Crippen molar-refractivity contribution in [2.75, 3.05) is 19.7 Å². The molecule has 0 aromatic heterocycles. The number of carbonyl (C=O) groups excluding carboxylic acids is 2. The average molecular weight is 298 g/mol. The highest BCUT2D eigenvalue weighted by Gasteiger charge is 2.35. The van der Waals surface area contributed by atoms with Crippen LogP contribution in [0, 0.1) is 0 Å². The van der Waals surface area contributed by atoms with Crippen molar-refractivity contribution >= 4 is 18.0 Å². The summed E-state index contributed by atoms with van der Waals surface area (Å²) in [5.41, 5.74) is 0. The first-order valence-corrected chi connectivity index (χ1v) is 6.92. The first-order chi connectivity index (χ1) is 9.86. The number of aliphatic carboxylic acids is 1. The van der Waals surface area contributed by atoms with E-state index in [0.29, 0.717) is 13.1 Å². The Morgan fingerprint density at radius 1 is 1.24 bits per heavy atom. The zero-order chi connectivity index (χ0) is 16.0. The van der Waals surface area contributed by atoms with Gasteiger partial charge in [-0.3, -0.25) is 9.59 Å². The van der Waals surface area contributed by atoms with E-state index in [9.17, 15) is 14.4 Å². The minimum atomic E-state index is -0.990. The molecule has 0 bridgehead atoms. The highest BCUT2D eigenvalue weighted by molar-refractivity contribution is 5.81. The zero-order valence-electron chi connectivity index (χ0n) is 12.4. The minimum Gasteiger partial charge on any atom is -0.481 e.